The molecule has 0 aliphatic carbocycles. The molecule has 0 spiro atoms. The van der Waals surface area contributed by atoms with Gasteiger partial charge in [0.05, 0.1) is 0 Å². The Morgan fingerprint density at radius 1 is 1.40 bits per heavy atom. The first-order chi connectivity index (χ1) is 7.01. The maximum atomic E-state index is 11.8. The minimum Gasteiger partial charge on any atom is -0.346 e. The fourth-order valence-corrected chi connectivity index (χ4v) is 1.79. The van der Waals surface area contributed by atoms with Gasteiger partial charge in [0.1, 0.15) is 0 Å². The van der Waals surface area contributed by atoms with Crippen molar-refractivity contribution in [1.29, 1.82) is 0 Å². The summed E-state index contributed by atoms with van der Waals surface area (Å²) in [5.41, 5.74) is 5.67. The molecule has 0 aliphatic rings. The highest BCUT2D eigenvalue weighted by atomic mass is 16.2. The number of hydrogen-bond acceptors (Lipinski definition) is 2. The van der Waals surface area contributed by atoms with Gasteiger partial charge in [0.25, 0.3) is 0 Å². The van der Waals surface area contributed by atoms with Crippen molar-refractivity contribution in [2.24, 2.45) is 17.6 Å². The zero-order chi connectivity index (χ0) is 11.8. The van der Waals surface area contributed by atoms with E-state index in [0.717, 1.165) is 19.4 Å². The number of nitrogens with two attached hydrogens (primary N) is 1. The summed E-state index contributed by atoms with van der Waals surface area (Å²) in [4.78, 5) is 13.6. The zero-order valence-corrected chi connectivity index (χ0v) is 10.6. The van der Waals surface area contributed by atoms with Crippen molar-refractivity contribution in [2.75, 3.05) is 20.1 Å². The van der Waals surface area contributed by atoms with Crippen LogP contribution >= 0.6 is 0 Å². The highest BCUT2D eigenvalue weighted by Gasteiger charge is 2.16. The molecule has 0 fully saturated rings. The maximum absolute atomic E-state index is 11.8. The lowest BCUT2D eigenvalue weighted by Gasteiger charge is -2.21. The summed E-state index contributed by atoms with van der Waals surface area (Å²) in [5.74, 6) is 1.19. The van der Waals surface area contributed by atoms with Crippen molar-refractivity contribution in [3.63, 3.8) is 0 Å². The molecule has 0 aliphatic heterocycles. The summed E-state index contributed by atoms with van der Waals surface area (Å²) in [5, 5.41) is 0. The van der Waals surface area contributed by atoms with E-state index in [1.54, 1.807) is 0 Å². The normalized spacial score (nSPS) is 12.9. The third kappa shape index (κ3) is 6.50. The van der Waals surface area contributed by atoms with Gasteiger partial charge in [-0.05, 0) is 31.2 Å². The molecule has 0 unspecified atom stereocenters. The second-order valence-electron chi connectivity index (χ2n) is 4.75. The monoisotopic (exact) mass is 214 g/mol. The van der Waals surface area contributed by atoms with Crippen molar-refractivity contribution >= 4 is 5.91 Å². The zero-order valence-electron chi connectivity index (χ0n) is 10.6. The molecule has 0 rings (SSSR count). The predicted octanol–water partition coefficient (Wildman–Crippen LogP) is 1.87. The molecule has 15 heavy (non-hydrogen) atoms. The average Bonchev–Trinajstić information content (AvgIpc) is 2.16. The topological polar surface area (TPSA) is 46.3 Å². The van der Waals surface area contributed by atoms with Crippen LogP contribution in [0, 0.1) is 11.8 Å². The average molecular weight is 214 g/mol. The van der Waals surface area contributed by atoms with Gasteiger partial charge in [-0.1, -0.05) is 20.8 Å². The summed E-state index contributed by atoms with van der Waals surface area (Å²) in [6.45, 7) is 7.88. The lowest BCUT2D eigenvalue weighted by Crippen LogP contribution is -2.31. The molecule has 90 valence electrons. The molecule has 2 N–H and O–H groups in total. The van der Waals surface area contributed by atoms with Crippen LogP contribution in [-0.2, 0) is 4.79 Å². The Labute approximate surface area is 94.0 Å². The number of amides is 1. The van der Waals surface area contributed by atoms with Crippen LogP contribution in [0.2, 0.25) is 0 Å². The molecule has 0 heterocycles. The largest absolute Gasteiger partial charge is 0.346 e. The molecule has 3 nitrogen and oxygen atoms in total. The Kier molecular flexibility index (Phi) is 7.39. The molecule has 3 heteroatoms. The lowest BCUT2D eigenvalue weighted by molar-refractivity contribution is -0.130. The smallest absolute Gasteiger partial charge is 0.222 e. The van der Waals surface area contributed by atoms with Gasteiger partial charge in [-0.25, -0.2) is 0 Å². The molecule has 0 aromatic rings. The van der Waals surface area contributed by atoms with Gasteiger partial charge in [-0.3, -0.25) is 4.79 Å². The van der Waals surface area contributed by atoms with E-state index in [-0.39, 0.29) is 5.91 Å². The van der Waals surface area contributed by atoms with Gasteiger partial charge in [0.2, 0.25) is 5.91 Å². The minimum atomic E-state index is 0.230. The Balaban J connectivity index is 4.00. The first-order valence-corrected chi connectivity index (χ1v) is 5.95. The number of rotatable bonds is 7. The molecule has 0 bridgehead atoms. The molecule has 0 saturated carbocycles. The van der Waals surface area contributed by atoms with Crippen LogP contribution in [0.5, 0.6) is 0 Å². The minimum absolute atomic E-state index is 0.230. The maximum Gasteiger partial charge on any atom is 0.222 e. The van der Waals surface area contributed by atoms with Gasteiger partial charge in [-0.15, -0.1) is 0 Å². The molecule has 1 amide bonds. The third-order valence-corrected chi connectivity index (χ3v) is 2.59. The first-order valence-electron chi connectivity index (χ1n) is 5.95. The van der Waals surface area contributed by atoms with E-state index in [9.17, 15) is 4.79 Å². The molecular weight excluding hydrogens is 188 g/mol. The van der Waals surface area contributed by atoms with Gasteiger partial charge in [-0.2, -0.15) is 0 Å². The van der Waals surface area contributed by atoms with Crippen LogP contribution < -0.4 is 5.73 Å². The van der Waals surface area contributed by atoms with E-state index in [1.165, 1.54) is 0 Å². The number of carbonyl (C=O) groups excluding carboxylic acids is 1. The third-order valence-electron chi connectivity index (χ3n) is 2.59. The van der Waals surface area contributed by atoms with E-state index in [4.69, 9.17) is 5.73 Å². The SMILES string of the molecule is CCCN(C)C(=O)C[C@@H](CN)CC(C)C. The Hall–Kier alpha value is -0.570. The second-order valence-corrected chi connectivity index (χ2v) is 4.75. The van der Waals surface area contributed by atoms with Crippen LogP contribution in [0.15, 0.2) is 0 Å². The summed E-state index contributed by atoms with van der Waals surface area (Å²) < 4.78 is 0. The second kappa shape index (κ2) is 7.69. The molecule has 1 atom stereocenters. The van der Waals surface area contributed by atoms with Crippen LogP contribution in [0.3, 0.4) is 0 Å². The Morgan fingerprint density at radius 3 is 2.40 bits per heavy atom. The Bertz CT molecular complexity index is 180. The summed E-state index contributed by atoms with van der Waals surface area (Å²) in [6.07, 6.45) is 2.66. The van der Waals surface area contributed by atoms with Gasteiger partial charge in [0.15, 0.2) is 0 Å². The predicted molar refractivity (Wildman–Crippen MR) is 64.5 cm³/mol. The first kappa shape index (κ1) is 14.4. The molecular formula is C12H26N2O. The van der Waals surface area contributed by atoms with Crippen molar-refractivity contribution in [3.8, 4) is 0 Å². The van der Waals surface area contributed by atoms with Gasteiger partial charge < -0.3 is 10.6 Å². The highest BCUT2D eigenvalue weighted by molar-refractivity contribution is 5.76. The molecule has 0 saturated heterocycles. The fraction of sp³-hybridized carbons (Fsp3) is 0.917. The number of carbonyl (C=O) groups is 1. The van der Waals surface area contributed by atoms with Crippen molar-refractivity contribution in [1.82, 2.24) is 4.90 Å². The lowest BCUT2D eigenvalue weighted by atomic mass is 9.94. The quantitative estimate of drug-likeness (QED) is 0.703. The van der Waals surface area contributed by atoms with Crippen LogP contribution in [-0.4, -0.2) is 30.9 Å². The number of nitrogens with zero attached hydrogens (tertiary/aromatic N) is 1. The van der Waals surface area contributed by atoms with Crippen LogP contribution in [0.4, 0.5) is 0 Å². The fourth-order valence-electron chi connectivity index (χ4n) is 1.79. The van der Waals surface area contributed by atoms with Crippen molar-refractivity contribution in [2.45, 2.75) is 40.0 Å². The molecule has 0 aromatic heterocycles. The summed E-state index contributed by atoms with van der Waals surface area (Å²) in [7, 11) is 1.87. The standard InChI is InChI=1S/C12H26N2O/c1-5-6-14(4)12(15)8-11(9-13)7-10(2)3/h10-11H,5-9,13H2,1-4H3/t11-/m0/s1. The summed E-state index contributed by atoms with van der Waals surface area (Å²) in [6, 6.07) is 0. The van der Waals surface area contributed by atoms with E-state index >= 15 is 0 Å². The van der Waals surface area contributed by atoms with Gasteiger partial charge >= 0.3 is 0 Å². The van der Waals surface area contributed by atoms with Crippen molar-refractivity contribution < 1.29 is 4.79 Å². The summed E-state index contributed by atoms with van der Waals surface area (Å²) >= 11 is 0. The van der Waals surface area contributed by atoms with E-state index in [2.05, 4.69) is 20.8 Å². The molecule has 0 aromatic carbocycles. The van der Waals surface area contributed by atoms with Crippen molar-refractivity contribution in [3.05, 3.63) is 0 Å². The Morgan fingerprint density at radius 2 is 2.00 bits per heavy atom. The van der Waals surface area contributed by atoms with Gasteiger partial charge in [0, 0.05) is 20.0 Å². The van der Waals surface area contributed by atoms with Crippen LogP contribution in [0.1, 0.15) is 40.0 Å². The van der Waals surface area contributed by atoms with Crippen LogP contribution in [0.25, 0.3) is 0 Å². The van der Waals surface area contributed by atoms with E-state index in [0.29, 0.717) is 24.8 Å². The number of hydrogen-bond donors (Lipinski definition) is 1. The van der Waals surface area contributed by atoms with E-state index < -0.39 is 0 Å². The molecule has 0 radical (unpaired) electrons. The highest BCUT2D eigenvalue weighted by Crippen LogP contribution is 2.15. The van der Waals surface area contributed by atoms with E-state index in [1.807, 2.05) is 11.9 Å².